The molecular formula is C19H19N3O2. The molecule has 0 aliphatic carbocycles. The monoisotopic (exact) mass is 321 g/mol. The summed E-state index contributed by atoms with van der Waals surface area (Å²) in [7, 11) is 0. The first kappa shape index (κ1) is 14.8. The Bertz CT molecular complexity index is 887. The Morgan fingerprint density at radius 3 is 3.12 bits per heavy atom. The lowest BCUT2D eigenvalue weighted by molar-refractivity contribution is -0.133. The third kappa shape index (κ3) is 2.62. The number of rotatable bonds is 2. The van der Waals surface area contributed by atoms with E-state index in [1.807, 2.05) is 54.4 Å². The minimum atomic E-state index is 0.0354. The molecule has 2 aromatic heterocycles. The highest BCUT2D eigenvalue weighted by Gasteiger charge is 2.26. The molecule has 0 radical (unpaired) electrons. The Hall–Kier alpha value is -2.82. The number of aromatic nitrogens is 2. The van der Waals surface area contributed by atoms with Gasteiger partial charge < -0.3 is 14.6 Å². The van der Waals surface area contributed by atoms with Gasteiger partial charge in [0.1, 0.15) is 18.0 Å². The van der Waals surface area contributed by atoms with Crippen LogP contribution in [0.1, 0.15) is 18.1 Å². The van der Waals surface area contributed by atoms with Crippen molar-refractivity contribution in [2.75, 3.05) is 6.61 Å². The minimum absolute atomic E-state index is 0.0354. The van der Waals surface area contributed by atoms with Gasteiger partial charge in [-0.3, -0.25) is 4.79 Å². The van der Waals surface area contributed by atoms with E-state index in [-0.39, 0.29) is 11.9 Å². The zero-order valence-corrected chi connectivity index (χ0v) is 13.5. The second-order valence-electron chi connectivity index (χ2n) is 6.18. The Labute approximate surface area is 140 Å². The summed E-state index contributed by atoms with van der Waals surface area (Å²) in [6.07, 6.45) is 3.98. The van der Waals surface area contributed by atoms with E-state index in [0.29, 0.717) is 19.6 Å². The average molecular weight is 321 g/mol. The smallest absolute Gasteiger partial charge is 0.227 e. The zero-order valence-electron chi connectivity index (χ0n) is 13.5. The number of hydrogen-bond acceptors (Lipinski definition) is 3. The lowest BCUT2D eigenvalue weighted by Gasteiger charge is -2.26. The second kappa shape index (κ2) is 6.00. The van der Waals surface area contributed by atoms with Crippen molar-refractivity contribution < 1.29 is 9.53 Å². The second-order valence-corrected chi connectivity index (χ2v) is 6.18. The summed E-state index contributed by atoms with van der Waals surface area (Å²) in [4.78, 5) is 22.2. The maximum absolute atomic E-state index is 12.9. The average Bonchev–Trinajstić information content (AvgIpc) is 2.92. The SMILES string of the molecule is CC1COc2ccccc2CN1C(=O)Cc1c[nH]c2ncccc12. The molecule has 5 nitrogen and oxygen atoms in total. The topological polar surface area (TPSA) is 58.2 Å². The summed E-state index contributed by atoms with van der Waals surface area (Å²) in [5.74, 6) is 0.975. The molecule has 1 aromatic carbocycles. The number of nitrogens with zero attached hydrogens (tertiary/aromatic N) is 2. The number of hydrogen-bond donors (Lipinski definition) is 1. The number of para-hydroxylation sites is 1. The van der Waals surface area contributed by atoms with Crippen molar-refractivity contribution in [1.82, 2.24) is 14.9 Å². The van der Waals surface area contributed by atoms with Crippen LogP contribution in [0, 0.1) is 0 Å². The van der Waals surface area contributed by atoms with Gasteiger partial charge in [0.15, 0.2) is 0 Å². The number of pyridine rings is 1. The molecule has 4 rings (SSSR count). The Balaban J connectivity index is 1.59. The molecule has 1 aliphatic heterocycles. The molecule has 24 heavy (non-hydrogen) atoms. The minimum Gasteiger partial charge on any atom is -0.491 e. The highest BCUT2D eigenvalue weighted by atomic mass is 16.5. The van der Waals surface area contributed by atoms with Gasteiger partial charge in [-0.05, 0) is 30.7 Å². The molecule has 1 aliphatic rings. The first-order valence-electron chi connectivity index (χ1n) is 8.13. The Morgan fingerprint density at radius 2 is 2.21 bits per heavy atom. The van der Waals surface area contributed by atoms with Crippen LogP contribution < -0.4 is 4.74 Å². The number of fused-ring (bicyclic) bond motifs is 2. The van der Waals surface area contributed by atoms with Gasteiger partial charge in [0.25, 0.3) is 0 Å². The molecule has 0 saturated heterocycles. The molecule has 0 fully saturated rings. The molecule has 1 atom stereocenters. The molecular weight excluding hydrogens is 302 g/mol. The van der Waals surface area contributed by atoms with E-state index in [2.05, 4.69) is 9.97 Å². The van der Waals surface area contributed by atoms with Gasteiger partial charge in [-0.1, -0.05) is 18.2 Å². The van der Waals surface area contributed by atoms with E-state index in [1.54, 1.807) is 6.20 Å². The molecule has 1 unspecified atom stereocenters. The standard InChI is InChI=1S/C19H19N3O2/c1-13-12-24-17-7-3-2-5-14(17)11-22(13)18(23)9-15-10-21-19-16(15)6-4-8-20-19/h2-8,10,13H,9,11-12H2,1H3,(H,20,21). The lowest BCUT2D eigenvalue weighted by atomic mass is 10.1. The van der Waals surface area contributed by atoms with Gasteiger partial charge in [0.05, 0.1) is 12.5 Å². The lowest BCUT2D eigenvalue weighted by Crippen LogP contribution is -2.40. The van der Waals surface area contributed by atoms with Crippen LogP contribution in [-0.4, -0.2) is 33.4 Å². The van der Waals surface area contributed by atoms with Crippen molar-refractivity contribution in [2.45, 2.75) is 25.9 Å². The van der Waals surface area contributed by atoms with Crippen LogP contribution in [0.2, 0.25) is 0 Å². The van der Waals surface area contributed by atoms with Crippen molar-refractivity contribution in [2.24, 2.45) is 0 Å². The number of carbonyl (C=O) groups excluding carboxylic acids is 1. The van der Waals surface area contributed by atoms with Crippen LogP contribution in [0.5, 0.6) is 5.75 Å². The van der Waals surface area contributed by atoms with Gasteiger partial charge >= 0.3 is 0 Å². The molecule has 5 heteroatoms. The summed E-state index contributed by atoms with van der Waals surface area (Å²) in [6.45, 7) is 3.12. The van der Waals surface area contributed by atoms with E-state index < -0.39 is 0 Å². The van der Waals surface area contributed by atoms with Crippen molar-refractivity contribution in [1.29, 1.82) is 0 Å². The van der Waals surface area contributed by atoms with Crippen LogP contribution in [0.25, 0.3) is 11.0 Å². The molecule has 1 N–H and O–H groups in total. The maximum Gasteiger partial charge on any atom is 0.227 e. The van der Waals surface area contributed by atoms with Gasteiger partial charge in [0.2, 0.25) is 5.91 Å². The molecule has 3 aromatic rings. The third-order valence-corrected chi connectivity index (χ3v) is 4.52. The van der Waals surface area contributed by atoms with Crippen molar-refractivity contribution >= 4 is 16.9 Å². The van der Waals surface area contributed by atoms with Crippen molar-refractivity contribution in [3.05, 3.63) is 59.9 Å². The molecule has 0 bridgehead atoms. The summed E-state index contributed by atoms with van der Waals surface area (Å²) in [6, 6.07) is 11.8. The third-order valence-electron chi connectivity index (χ3n) is 4.52. The first-order valence-corrected chi connectivity index (χ1v) is 8.13. The van der Waals surface area contributed by atoms with Gasteiger partial charge in [-0.15, -0.1) is 0 Å². The number of benzene rings is 1. The zero-order chi connectivity index (χ0) is 16.5. The molecule has 0 spiro atoms. The van der Waals surface area contributed by atoms with Crippen LogP contribution in [-0.2, 0) is 17.8 Å². The van der Waals surface area contributed by atoms with Crippen LogP contribution >= 0.6 is 0 Å². The van der Waals surface area contributed by atoms with E-state index in [0.717, 1.165) is 27.9 Å². The van der Waals surface area contributed by atoms with Crippen molar-refractivity contribution in [3.8, 4) is 5.75 Å². The van der Waals surface area contributed by atoms with E-state index >= 15 is 0 Å². The Morgan fingerprint density at radius 1 is 1.33 bits per heavy atom. The number of nitrogens with one attached hydrogen (secondary N) is 1. The summed E-state index contributed by atoms with van der Waals surface area (Å²) in [5.41, 5.74) is 2.85. The quantitative estimate of drug-likeness (QED) is 0.789. The predicted molar refractivity (Wildman–Crippen MR) is 91.7 cm³/mol. The van der Waals surface area contributed by atoms with E-state index in [9.17, 15) is 4.79 Å². The number of H-pyrrole nitrogens is 1. The predicted octanol–water partition coefficient (Wildman–Crippen LogP) is 2.92. The maximum atomic E-state index is 12.9. The van der Waals surface area contributed by atoms with Gasteiger partial charge in [-0.2, -0.15) is 0 Å². The summed E-state index contributed by atoms with van der Waals surface area (Å²) >= 11 is 0. The fraction of sp³-hybridized carbons (Fsp3) is 0.263. The van der Waals surface area contributed by atoms with Crippen molar-refractivity contribution in [3.63, 3.8) is 0 Å². The van der Waals surface area contributed by atoms with Gasteiger partial charge in [-0.25, -0.2) is 4.98 Å². The summed E-state index contributed by atoms with van der Waals surface area (Å²) in [5, 5.41) is 1.00. The highest BCUT2D eigenvalue weighted by Crippen LogP contribution is 2.26. The number of ether oxygens (including phenoxy) is 1. The van der Waals surface area contributed by atoms with Crippen LogP contribution in [0.4, 0.5) is 0 Å². The highest BCUT2D eigenvalue weighted by molar-refractivity contribution is 5.87. The largest absolute Gasteiger partial charge is 0.491 e. The normalized spacial score (nSPS) is 17.2. The fourth-order valence-electron chi connectivity index (χ4n) is 3.17. The number of amides is 1. The molecule has 3 heterocycles. The first-order chi connectivity index (χ1) is 11.7. The van der Waals surface area contributed by atoms with Crippen LogP contribution in [0.3, 0.4) is 0 Å². The molecule has 122 valence electrons. The Kier molecular flexibility index (Phi) is 3.69. The fourth-order valence-corrected chi connectivity index (χ4v) is 3.17. The molecule has 1 amide bonds. The van der Waals surface area contributed by atoms with E-state index in [1.165, 1.54) is 0 Å². The van der Waals surface area contributed by atoms with Gasteiger partial charge in [0, 0.05) is 29.9 Å². The number of aromatic amines is 1. The molecule has 0 saturated carbocycles. The summed E-state index contributed by atoms with van der Waals surface area (Å²) < 4.78 is 5.84. The van der Waals surface area contributed by atoms with E-state index in [4.69, 9.17) is 4.74 Å². The number of carbonyl (C=O) groups is 1. The van der Waals surface area contributed by atoms with Crippen LogP contribution in [0.15, 0.2) is 48.8 Å².